The molecule has 0 saturated carbocycles. The molecular formula is C96H60S. The summed E-state index contributed by atoms with van der Waals surface area (Å²) in [6.45, 7) is 0. The number of thiophene rings is 1. The van der Waals surface area contributed by atoms with E-state index in [4.69, 9.17) is 0 Å². The fraction of sp³-hybridized carbons (Fsp3) is 0. The van der Waals surface area contributed by atoms with Crippen molar-refractivity contribution >= 4 is 130 Å². The average molecular weight is 1250 g/mol. The van der Waals surface area contributed by atoms with Gasteiger partial charge in [-0.1, -0.05) is 334 Å². The van der Waals surface area contributed by atoms with E-state index in [1.54, 1.807) is 0 Å². The Balaban J connectivity index is 0.670. The SMILES string of the molecule is C(=C(c1ccccc1)c1ccccc1)c1ccc(-c2c3ccccc3c(-c3ccc(/C=C(\c4ccccc4)c4ccc(-c5ccc6ccc7c(-c8c9ccccc9c(-c9ccc%10sc%11ccccc%11c%10c9)c9ccccc89)ccc8ccc5c6c87)cc4)cc3)c3ccccc23)cc1. The molecule has 0 spiro atoms. The van der Waals surface area contributed by atoms with Crippen LogP contribution in [-0.2, 0) is 0 Å². The summed E-state index contributed by atoms with van der Waals surface area (Å²) in [6.07, 6.45) is 4.67. The normalized spacial score (nSPS) is 12.0. The lowest BCUT2D eigenvalue weighted by atomic mass is 9.82. The second-order valence-electron chi connectivity index (χ2n) is 25.7. The van der Waals surface area contributed by atoms with Gasteiger partial charge >= 0.3 is 0 Å². The summed E-state index contributed by atoms with van der Waals surface area (Å²) >= 11 is 1.87. The van der Waals surface area contributed by atoms with Crippen molar-refractivity contribution < 1.29 is 0 Å². The highest BCUT2D eigenvalue weighted by Crippen LogP contribution is 2.50. The number of hydrogen-bond acceptors (Lipinski definition) is 1. The molecule has 0 radical (unpaired) electrons. The first-order chi connectivity index (χ1) is 48.1. The molecule has 0 unspecified atom stereocenters. The number of rotatable bonds is 11. The number of fused-ring (bicyclic) bond motifs is 7. The molecule has 0 aliphatic carbocycles. The van der Waals surface area contributed by atoms with E-state index < -0.39 is 0 Å². The molecule has 0 saturated heterocycles. The molecule has 18 aromatic carbocycles. The van der Waals surface area contributed by atoms with Crippen molar-refractivity contribution in [3.05, 3.63) is 385 Å². The van der Waals surface area contributed by atoms with Gasteiger partial charge < -0.3 is 0 Å². The summed E-state index contributed by atoms with van der Waals surface area (Å²) in [5.74, 6) is 0. The molecule has 0 fully saturated rings. The maximum atomic E-state index is 2.43. The van der Waals surface area contributed by atoms with Crippen LogP contribution in [-0.4, -0.2) is 0 Å². The first-order valence-corrected chi connectivity index (χ1v) is 34.3. The van der Waals surface area contributed by atoms with Gasteiger partial charge in [-0.05, 0) is 206 Å². The quantitative estimate of drug-likeness (QED) is 0.0688. The molecular weight excluding hydrogens is 1190 g/mol. The van der Waals surface area contributed by atoms with Gasteiger partial charge in [0.1, 0.15) is 0 Å². The maximum Gasteiger partial charge on any atom is 0.0355 e. The monoisotopic (exact) mass is 1240 g/mol. The predicted molar refractivity (Wildman–Crippen MR) is 420 cm³/mol. The van der Waals surface area contributed by atoms with Gasteiger partial charge in [-0.2, -0.15) is 0 Å². The van der Waals surface area contributed by atoms with Crippen LogP contribution in [0.1, 0.15) is 33.4 Å². The predicted octanol–water partition coefficient (Wildman–Crippen LogP) is 27.1. The zero-order valence-corrected chi connectivity index (χ0v) is 53.9. The van der Waals surface area contributed by atoms with Gasteiger partial charge in [0.15, 0.2) is 0 Å². The van der Waals surface area contributed by atoms with Crippen LogP contribution in [0.5, 0.6) is 0 Å². The van der Waals surface area contributed by atoms with E-state index in [-0.39, 0.29) is 0 Å². The Morgan fingerprint density at radius 1 is 0.206 bits per heavy atom. The first kappa shape index (κ1) is 56.3. The molecule has 0 nitrogen and oxygen atoms in total. The average Bonchev–Trinajstić information content (AvgIpc) is 1.13. The van der Waals surface area contributed by atoms with E-state index in [1.807, 2.05) is 11.3 Å². The molecule has 19 rings (SSSR count). The van der Waals surface area contributed by atoms with Crippen molar-refractivity contribution in [2.45, 2.75) is 0 Å². The topological polar surface area (TPSA) is 0 Å². The minimum absolute atomic E-state index is 1.14. The van der Waals surface area contributed by atoms with Crippen molar-refractivity contribution in [1.29, 1.82) is 0 Å². The largest absolute Gasteiger partial charge is 0.135 e. The third kappa shape index (κ3) is 9.57. The van der Waals surface area contributed by atoms with Crippen molar-refractivity contribution in [3.63, 3.8) is 0 Å². The second kappa shape index (κ2) is 23.3. The fourth-order valence-electron chi connectivity index (χ4n) is 15.8. The molecule has 0 atom stereocenters. The summed E-state index contributed by atoms with van der Waals surface area (Å²) in [6, 6.07) is 131. The number of benzene rings is 18. The zero-order valence-electron chi connectivity index (χ0n) is 53.0. The molecule has 19 aromatic rings. The Kier molecular flexibility index (Phi) is 13.5. The fourth-order valence-corrected chi connectivity index (χ4v) is 16.9. The van der Waals surface area contributed by atoms with Crippen LogP contribution >= 0.6 is 11.3 Å². The minimum Gasteiger partial charge on any atom is -0.135 e. The summed E-state index contributed by atoms with van der Waals surface area (Å²) < 4.78 is 2.64. The van der Waals surface area contributed by atoms with E-state index in [0.29, 0.717) is 0 Å². The van der Waals surface area contributed by atoms with Gasteiger partial charge in [0.25, 0.3) is 0 Å². The van der Waals surface area contributed by atoms with Crippen LogP contribution < -0.4 is 0 Å². The molecule has 0 aliphatic rings. The van der Waals surface area contributed by atoms with Crippen LogP contribution in [0.3, 0.4) is 0 Å². The molecule has 97 heavy (non-hydrogen) atoms. The summed E-state index contributed by atoms with van der Waals surface area (Å²) in [4.78, 5) is 0. The van der Waals surface area contributed by atoms with E-state index in [9.17, 15) is 0 Å². The molecule has 0 bridgehead atoms. The van der Waals surface area contributed by atoms with Crippen LogP contribution in [0.4, 0.5) is 0 Å². The van der Waals surface area contributed by atoms with Gasteiger partial charge in [0.2, 0.25) is 0 Å². The summed E-state index contributed by atoms with van der Waals surface area (Å²) in [5, 5.41) is 20.3. The lowest BCUT2D eigenvalue weighted by molar-refractivity contribution is 1.55. The summed E-state index contributed by atoms with van der Waals surface area (Å²) in [7, 11) is 0. The lowest BCUT2D eigenvalue weighted by Crippen LogP contribution is -1.93. The van der Waals surface area contributed by atoms with Crippen molar-refractivity contribution in [1.82, 2.24) is 0 Å². The van der Waals surface area contributed by atoms with Gasteiger partial charge in [-0.3, -0.25) is 0 Å². The van der Waals surface area contributed by atoms with E-state index >= 15 is 0 Å². The Labute approximate surface area is 567 Å². The second-order valence-corrected chi connectivity index (χ2v) is 26.8. The van der Waals surface area contributed by atoms with E-state index in [1.165, 1.54) is 179 Å². The third-order valence-electron chi connectivity index (χ3n) is 20.2. The Morgan fingerprint density at radius 2 is 0.536 bits per heavy atom. The van der Waals surface area contributed by atoms with E-state index in [0.717, 1.165) is 16.7 Å². The Bertz CT molecular complexity index is 6200. The van der Waals surface area contributed by atoms with Crippen molar-refractivity contribution in [2.75, 3.05) is 0 Å². The van der Waals surface area contributed by atoms with Gasteiger partial charge in [0.05, 0.1) is 0 Å². The molecule has 0 aliphatic heterocycles. The highest BCUT2D eigenvalue weighted by molar-refractivity contribution is 7.25. The first-order valence-electron chi connectivity index (χ1n) is 33.5. The smallest absolute Gasteiger partial charge is 0.0355 e. The zero-order chi connectivity index (χ0) is 63.9. The van der Waals surface area contributed by atoms with Crippen LogP contribution in [0.25, 0.3) is 175 Å². The molecule has 0 N–H and O–H groups in total. The Morgan fingerprint density at radius 3 is 0.990 bits per heavy atom. The van der Waals surface area contributed by atoms with Gasteiger partial charge in [0, 0.05) is 20.2 Å². The number of hydrogen-bond donors (Lipinski definition) is 0. The van der Waals surface area contributed by atoms with Gasteiger partial charge in [-0.25, -0.2) is 0 Å². The minimum atomic E-state index is 1.14. The van der Waals surface area contributed by atoms with Gasteiger partial charge in [-0.15, -0.1) is 11.3 Å². The van der Waals surface area contributed by atoms with Crippen molar-refractivity contribution in [2.24, 2.45) is 0 Å². The molecule has 1 heteroatoms. The highest BCUT2D eigenvalue weighted by atomic mass is 32.1. The third-order valence-corrected chi connectivity index (χ3v) is 21.4. The molecule has 1 aromatic heterocycles. The van der Waals surface area contributed by atoms with Crippen LogP contribution in [0.2, 0.25) is 0 Å². The maximum absolute atomic E-state index is 2.43. The lowest BCUT2D eigenvalue weighted by Gasteiger charge is -2.20. The molecule has 1 heterocycles. The van der Waals surface area contributed by atoms with Crippen molar-refractivity contribution in [3.8, 4) is 55.6 Å². The molecule has 450 valence electrons. The van der Waals surface area contributed by atoms with Crippen LogP contribution in [0.15, 0.2) is 352 Å². The summed E-state index contributed by atoms with van der Waals surface area (Å²) in [5.41, 5.74) is 21.8. The van der Waals surface area contributed by atoms with Crippen LogP contribution in [0, 0.1) is 0 Å². The van der Waals surface area contributed by atoms with E-state index in [2.05, 4.69) is 364 Å². The molecule has 0 amide bonds. The highest BCUT2D eigenvalue weighted by Gasteiger charge is 2.23. The Hall–Kier alpha value is -12.3. The standard InChI is InChI=1S/C96H60S/c1-4-20-63(21-5-1)86(64-22-6-2-7-23-64)58-61-36-40-68(41-37-61)91-75-27-10-12-29-77(75)92(78-30-13-11-28-76(78)91)69-42-38-62(39-43-69)59-87(65-24-8-3-9-25-65)67-46-44-66(45-47-67)73-53-48-70-50-55-84-85(56-51-71-49-54-83(73)94(70)95(71)84)96-81-33-16-14-31-79(81)93(80-32-15-17-34-82(80)96)72-52-57-90-88(60-72)74-26-18-19-35-89(74)97-90/h1-60H/b87-59+.